The Hall–Kier alpha value is -2.94. The van der Waals surface area contributed by atoms with Crippen molar-refractivity contribution in [2.45, 2.75) is 43.2 Å². The van der Waals surface area contributed by atoms with Gasteiger partial charge in [0.05, 0.1) is 18.3 Å². The number of hydrogen-bond donors (Lipinski definition) is 1. The van der Waals surface area contributed by atoms with Crippen LogP contribution >= 0.6 is 0 Å². The Kier molecular flexibility index (Phi) is 6.81. The fourth-order valence-electron chi connectivity index (χ4n) is 3.83. The van der Waals surface area contributed by atoms with Gasteiger partial charge in [0, 0.05) is 17.0 Å². The van der Waals surface area contributed by atoms with E-state index in [-0.39, 0.29) is 19.6 Å². The summed E-state index contributed by atoms with van der Waals surface area (Å²) in [6, 6.07) is 17.9. The third kappa shape index (κ3) is 4.87. The minimum absolute atomic E-state index is 0.138. The van der Waals surface area contributed by atoms with Crippen molar-refractivity contribution in [3.63, 3.8) is 0 Å². The standard InChI is InChI=1S/C22H23N3O6/c23-25-24-12-11-16-19(30-21(27)14-7-3-1-4-8-14)18(26)20-17(29-16)13-28-22(31-20)15-9-5-2-6-10-15/h1-10,16-20,22,26H,11-13H2/t16?,17?,18-,19-,20-,22?/m1/s1. The van der Waals surface area contributed by atoms with E-state index in [1.807, 2.05) is 30.3 Å². The molecule has 162 valence electrons. The lowest BCUT2D eigenvalue weighted by molar-refractivity contribution is -0.327. The zero-order chi connectivity index (χ0) is 21.6. The van der Waals surface area contributed by atoms with Crippen LogP contribution in [0.2, 0.25) is 0 Å². The summed E-state index contributed by atoms with van der Waals surface area (Å²) in [5.74, 6) is -0.577. The van der Waals surface area contributed by atoms with Crippen LogP contribution in [0.5, 0.6) is 0 Å². The molecule has 0 saturated carbocycles. The molecule has 0 bridgehead atoms. The van der Waals surface area contributed by atoms with Crippen molar-refractivity contribution in [2.75, 3.05) is 13.2 Å². The lowest BCUT2D eigenvalue weighted by atomic mass is 9.92. The fourth-order valence-corrected chi connectivity index (χ4v) is 3.83. The zero-order valence-electron chi connectivity index (χ0n) is 16.7. The van der Waals surface area contributed by atoms with E-state index in [2.05, 4.69) is 10.0 Å². The van der Waals surface area contributed by atoms with Gasteiger partial charge in [-0.15, -0.1) is 0 Å². The van der Waals surface area contributed by atoms with Crippen LogP contribution in [0.15, 0.2) is 65.8 Å². The van der Waals surface area contributed by atoms with E-state index in [4.69, 9.17) is 24.5 Å². The quantitative estimate of drug-likeness (QED) is 0.328. The molecule has 2 fully saturated rings. The molecule has 2 aliphatic rings. The van der Waals surface area contributed by atoms with E-state index in [9.17, 15) is 9.90 Å². The number of ether oxygens (including phenoxy) is 4. The third-order valence-electron chi connectivity index (χ3n) is 5.35. The number of aliphatic hydroxyl groups is 1. The first kappa shape index (κ1) is 21.3. The second kappa shape index (κ2) is 9.91. The monoisotopic (exact) mass is 425 g/mol. The van der Waals surface area contributed by atoms with Crippen LogP contribution < -0.4 is 0 Å². The highest BCUT2D eigenvalue weighted by Crippen LogP contribution is 2.36. The molecule has 2 aliphatic heterocycles. The van der Waals surface area contributed by atoms with Crippen LogP contribution in [-0.2, 0) is 18.9 Å². The van der Waals surface area contributed by atoms with Crippen LogP contribution in [-0.4, -0.2) is 54.7 Å². The van der Waals surface area contributed by atoms with Crippen LogP contribution in [0.25, 0.3) is 10.4 Å². The number of azide groups is 1. The number of fused-ring (bicyclic) bond motifs is 1. The summed E-state index contributed by atoms with van der Waals surface area (Å²) in [6.07, 6.45) is -4.48. The van der Waals surface area contributed by atoms with Gasteiger partial charge in [0.15, 0.2) is 12.4 Å². The Morgan fingerprint density at radius 1 is 1.13 bits per heavy atom. The molecule has 31 heavy (non-hydrogen) atoms. The molecular formula is C22H23N3O6. The first-order valence-electron chi connectivity index (χ1n) is 10.1. The molecule has 9 heteroatoms. The highest BCUT2D eigenvalue weighted by Gasteiger charge is 2.50. The number of hydrogen-bond acceptors (Lipinski definition) is 7. The molecule has 2 aromatic carbocycles. The molecule has 9 nitrogen and oxygen atoms in total. The van der Waals surface area contributed by atoms with Crippen molar-refractivity contribution in [3.8, 4) is 0 Å². The molecule has 2 saturated heterocycles. The lowest BCUT2D eigenvalue weighted by Gasteiger charge is -2.47. The van der Waals surface area contributed by atoms with E-state index in [0.717, 1.165) is 5.56 Å². The number of esters is 1. The van der Waals surface area contributed by atoms with Crippen LogP contribution in [0, 0.1) is 0 Å². The summed E-state index contributed by atoms with van der Waals surface area (Å²) in [4.78, 5) is 15.4. The zero-order valence-corrected chi connectivity index (χ0v) is 16.7. The van der Waals surface area contributed by atoms with Gasteiger partial charge in [-0.05, 0) is 24.1 Å². The molecule has 0 aliphatic carbocycles. The molecule has 0 spiro atoms. The second-order valence-electron chi connectivity index (χ2n) is 7.36. The van der Waals surface area contributed by atoms with Gasteiger partial charge in [-0.3, -0.25) is 0 Å². The fraction of sp³-hybridized carbons (Fsp3) is 0.409. The maximum atomic E-state index is 12.6. The number of carbonyl (C=O) groups is 1. The van der Waals surface area contributed by atoms with Gasteiger partial charge in [0.25, 0.3) is 0 Å². The second-order valence-corrected chi connectivity index (χ2v) is 7.36. The molecule has 1 N–H and O–H groups in total. The largest absolute Gasteiger partial charge is 0.453 e. The summed E-state index contributed by atoms with van der Waals surface area (Å²) < 4.78 is 23.5. The van der Waals surface area contributed by atoms with Crippen molar-refractivity contribution in [3.05, 3.63) is 82.2 Å². The van der Waals surface area contributed by atoms with Gasteiger partial charge in [0.2, 0.25) is 0 Å². The van der Waals surface area contributed by atoms with Gasteiger partial charge < -0.3 is 24.1 Å². The van der Waals surface area contributed by atoms with Gasteiger partial charge in [-0.25, -0.2) is 4.79 Å². The summed E-state index contributed by atoms with van der Waals surface area (Å²) in [5, 5.41) is 14.6. The highest BCUT2D eigenvalue weighted by molar-refractivity contribution is 5.89. The van der Waals surface area contributed by atoms with E-state index in [1.54, 1.807) is 30.3 Å². The van der Waals surface area contributed by atoms with Crippen LogP contribution in [0.1, 0.15) is 28.6 Å². The summed E-state index contributed by atoms with van der Waals surface area (Å²) >= 11 is 0. The van der Waals surface area contributed by atoms with Gasteiger partial charge in [-0.2, -0.15) is 0 Å². The summed E-state index contributed by atoms with van der Waals surface area (Å²) in [7, 11) is 0. The number of rotatable bonds is 6. The predicted octanol–water partition coefficient (Wildman–Crippen LogP) is 3.15. The van der Waals surface area contributed by atoms with Crippen LogP contribution in [0.3, 0.4) is 0 Å². The third-order valence-corrected chi connectivity index (χ3v) is 5.35. The Morgan fingerprint density at radius 3 is 2.55 bits per heavy atom. The van der Waals surface area contributed by atoms with E-state index in [1.165, 1.54) is 0 Å². The van der Waals surface area contributed by atoms with E-state index < -0.39 is 42.8 Å². The molecule has 0 amide bonds. The van der Waals surface area contributed by atoms with E-state index >= 15 is 0 Å². The number of benzene rings is 2. The van der Waals surface area contributed by atoms with Gasteiger partial charge >= 0.3 is 5.97 Å². The molecule has 4 rings (SSSR count). The van der Waals surface area contributed by atoms with Crippen molar-refractivity contribution in [1.29, 1.82) is 0 Å². The average Bonchev–Trinajstić information content (AvgIpc) is 2.82. The molecule has 6 atom stereocenters. The SMILES string of the molecule is [N-]=[N+]=NCCC1OC2COC(c3ccccc3)O[C@H]2[C@H](O)[C@@H]1OC(=O)c1ccccc1. The lowest BCUT2D eigenvalue weighted by Crippen LogP contribution is -2.62. The maximum Gasteiger partial charge on any atom is 0.338 e. The Bertz CT molecular complexity index is 921. The molecule has 0 aromatic heterocycles. The minimum Gasteiger partial charge on any atom is -0.453 e. The van der Waals surface area contributed by atoms with Crippen molar-refractivity contribution >= 4 is 5.97 Å². The summed E-state index contributed by atoms with van der Waals surface area (Å²) in [6.45, 7) is 0.345. The Labute approximate surface area is 179 Å². The molecule has 3 unspecified atom stereocenters. The number of aliphatic hydroxyl groups excluding tert-OH is 1. The van der Waals surface area contributed by atoms with Gasteiger partial charge in [-0.1, -0.05) is 53.6 Å². The van der Waals surface area contributed by atoms with Gasteiger partial charge in [0.1, 0.15) is 18.3 Å². The number of nitrogens with zero attached hydrogens (tertiary/aromatic N) is 3. The molecule has 2 heterocycles. The molecule has 2 aromatic rings. The molecule has 0 radical (unpaired) electrons. The maximum absolute atomic E-state index is 12.6. The molecular weight excluding hydrogens is 402 g/mol. The minimum atomic E-state index is -1.14. The highest BCUT2D eigenvalue weighted by atomic mass is 16.7. The first-order chi connectivity index (χ1) is 15.2. The van der Waals surface area contributed by atoms with Crippen LogP contribution in [0.4, 0.5) is 0 Å². The Balaban J connectivity index is 1.53. The topological polar surface area (TPSA) is 123 Å². The van der Waals surface area contributed by atoms with E-state index in [0.29, 0.717) is 5.56 Å². The predicted molar refractivity (Wildman–Crippen MR) is 109 cm³/mol. The average molecular weight is 425 g/mol. The van der Waals surface area contributed by atoms with Crippen molar-refractivity contribution < 1.29 is 28.8 Å². The smallest absolute Gasteiger partial charge is 0.338 e. The normalized spacial score (nSPS) is 30.0. The van der Waals surface area contributed by atoms with Crippen molar-refractivity contribution in [1.82, 2.24) is 0 Å². The number of carbonyl (C=O) groups excluding carboxylic acids is 1. The van der Waals surface area contributed by atoms with Crippen molar-refractivity contribution in [2.24, 2.45) is 5.11 Å². The first-order valence-corrected chi connectivity index (χ1v) is 10.1. The Morgan fingerprint density at radius 2 is 1.84 bits per heavy atom. The summed E-state index contributed by atoms with van der Waals surface area (Å²) in [5.41, 5.74) is 9.75.